The number of carbonyl (C=O) groups excluding carboxylic acids is 1. The predicted octanol–water partition coefficient (Wildman–Crippen LogP) is 1.70. The molecule has 0 aliphatic rings. The van der Waals surface area contributed by atoms with Gasteiger partial charge in [-0.1, -0.05) is 23.7 Å². The number of hydrogen-bond donors (Lipinski definition) is 1. The second-order valence-electron chi connectivity index (χ2n) is 5.04. The Morgan fingerprint density at radius 3 is 2.82 bits per heavy atom. The number of carbonyl (C=O) groups is 1. The first-order valence-corrected chi connectivity index (χ1v) is 7.88. The number of rotatable bonds is 5. The minimum Gasteiger partial charge on any atom is -0.538 e. The SMILES string of the molecule is CCC(Sc1c([O-])on[n+]1C)C(=O)Nc1cccc(C)c1C. The van der Waals surface area contributed by atoms with Gasteiger partial charge in [-0.25, -0.2) is 0 Å². The molecule has 0 radical (unpaired) electrons. The van der Waals surface area contributed by atoms with Crippen molar-refractivity contribution >= 4 is 23.4 Å². The van der Waals surface area contributed by atoms with Crippen LogP contribution in [0.15, 0.2) is 27.7 Å². The fraction of sp³-hybridized carbons (Fsp3) is 0.400. The molecular weight excluding hydrogens is 302 g/mol. The molecule has 118 valence electrons. The van der Waals surface area contributed by atoms with Crippen LogP contribution in [0, 0.1) is 13.8 Å². The molecule has 0 saturated heterocycles. The van der Waals surface area contributed by atoms with Gasteiger partial charge >= 0.3 is 0 Å². The predicted molar refractivity (Wildman–Crippen MR) is 81.6 cm³/mol. The Bertz CT molecular complexity index is 665. The quantitative estimate of drug-likeness (QED) is 0.669. The van der Waals surface area contributed by atoms with E-state index < -0.39 is 11.2 Å². The molecule has 1 N–H and O–H groups in total. The molecule has 6 nitrogen and oxygen atoms in total. The first kappa shape index (κ1) is 16.4. The van der Waals surface area contributed by atoms with Crippen LogP contribution in [0.1, 0.15) is 24.5 Å². The van der Waals surface area contributed by atoms with Gasteiger partial charge in [-0.3, -0.25) is 4.79 Å². The molecule has 0 fully saturated rings. The van der Waals surface area contributed by atoms with Crippen molar-refractivity contribution in [3.8, 4) is 5.95 Å². The van der Waals surface area contributed by atoms with E-state index in [4.69, 9.17) is 0 Å². The summed E-state index contributed by atoms with van der Waals surface area (Å²) in [5, 5.41) is 18.0. The minimum absolute atomic E-state index is 0.137. The Morgan fingerprint density at radius 1 is 1.50 bits per heavy atom. The highest BCUT2D eigenvalue weighted by Crippen LogP contribution is 2.29. The number of hydrogen-bond acceptors (Lipinski definition) is 5. The molecule has 22 heavy (non-hydrogen) atoms. The summed E-state index contributed by atoms with van der Waals surface area (Å²) >= 11 is 1.17. The lowest BCUT2D eigenvalue weighted by molar-refractivity contribution is -0.772. The number of nitrogens with one attached hydrogen (secondary N) is 1. The second-order valence-corrected chi connectivity index (χ2v) is 6.23. The lowest BCUT2D eigenvalue weighted by Gasteiger charge is -2.15. The molecule has 0 aliphatic carbocycles. The maximum absolute atomic E-state index is 12.5. The molecule has 0 bridgehead atoms. The molecule has 0 aliphatic heterocycles. The van der Waals surface area contributed by atoms with E-state index in [9.17, 15) is 9.90 Å². The number of amides is 1. The summed E-state index contributed by atoms with van der Waals surface area (Å²) in [6.45, 7) is 5.87. The van der Waals surface area contributed by atoms with Crippen molar-refractivity contribution < 1.29 is 19.1 Å². The maximum atomic E-state index is 12.5. The third-order valence-electron chi connectivity index (χ3n) is 3.49. The summed E-state index contributed by atoms with van der Waals surface area (Å²) in [7, 11) is 1.61. The third kappa shape index (κ3) is 3.41. The molecule has 2 rings (SSSR count). The average molecular weight is 321 g/mol. The number of anilines is 1. The van der Waals surface area contributed by atoms with Gasteiger partial charge in [0.15, 0.2) is 13.0 Å². The van der Waals surface area contributed by atoms with E-state index >= 15 is 0 Å². The smallest absolute Gasteiger partial charge is 0.291 e. The van der Waals surface area contributed by atoms with Gasteiger partial charge in [-0.05, 0) is 49.2 Å². The van der Waals surface area contributed by atoms with Crippen molar-refractivity contribution in [3.63, 3.8) is 0 Å². The first-order valence-electron chi connectivity index (χ1n) is 7.00. The molecule has 1 aromatic heterocycles. The zero-order valence-corrected chi connectivity index (χ0v) is 13.9. The molecule has 0 spiro atoms. The molecule has 2 aromatic rings. The summed E-state index contributed by atoms with van der Waals surface area (Å²) in [4.78, 5) is 12.5. The Labute approximate surface area is 133 Å². The van der Waals surface area contributed by atoms with Gasteiger partial charge in [-0.2, -0.15) is 0 Å². The van der Waals surface area contributed by atoms with Crippen LogP contribution in [0.3, 0.4) is 0 Å². The topological polar surface area (TPSA) is 82.1 Å². The monoisotopic (exact) mass is 321 g/mol. The van der Waals surface area contributed by atoms with Crippen molar-refractivity contribution in [2.75, 3.05) is 5.32 Å². The Balaban J connectivity index is 2.14. The number of thioether (sulfide) groups is 1. The lowest BCUT2D eigenvalue weighted by Crippen LogP contribution is -2.34. The fourth-order valence-corrected chi connectivity index (χ4v) is 2.91. The molecule has 1 heterocycles. The summed E-state index contributed by atoms with van der Waals surface area (Å²) in [6, 6.07) is 5.77. The summed E-state index contributed by atoms with van der Waals surface area (Å²) in [5.74, 6) is -0.660. The van der Waals surface area contributed by atoms with Crippen LogP contribution in [0.2, 0.25) is 0 Å². The van der Waals surface area contributed by atoms with E-state index in [0.717, 1.165) is 16.8 Å². The molecular formula is C15H19N3O3S. The number of aryl methyl sites for hydroxylation is 2. The molecule has 7 heteroatoms. The van der Waals surface area contributed by atoms with E-state index in [-0.39, 0.29) is 5.91 Å². The van der Waals surface area contributed by atoms with Crippen LogP contribution in [0.5, 0.6) is 5.95 Å². The number of aromatic nitrogens is 2. The Kier molecular flexibility index (Phi) is 5.07. The fourth-order valence-electron chi connectivity index (χ4n) is 1.99. The van der Waals surface area contributed by atoms with Crippen molar-refractivity contribution in [1.29, 1.82) is 0 Å². The first-order chi connectivity index (χ1) is 10.4. The van der Waals surface area contributed by atoms with Crippen LogP contribution in [0.25, 0.3) is 0 Å². The normalized spacial score (nSPS) is 12.2. The van der Waals surface area contributed by atoms with E-state index in [0.29, 0.717) is 11.4 Å². The molecule has 0 saturated carbocycles. The lowest BCUT2D eigenvalue weighted by atomic mass is 10.1. The highest BCUT2D eigenvalue weighted by Gasteiger charge is 2.25. The van der Waals surface area contributed by atoms with Gasteiger partial charge < -0.3 is 14.9 Å². The molecule has 1 atom stereocenters. The van der Waals surface area contributed by atoms with E-state index in [2.05, 4.69) is 15.1 Å². The van der Waals surface area contributed by atoms with Crippen LogP contribution in [0.4, 0.5) is 5.69 Å². The highest BCUT2D eigenvalue weighted by molar-refractivity contribution is 8.00. The van der Waals surface area contributed by atoms with E-state index in [1.165, 1.54) is 16.4 Å². The van der Waals surface area contributed by atoms with Gasteiger partial charge in [0.1, 0.15) is 0 Å². The summed E-state index contributed by atoms with van der Waals surface area (Å²) in [6.07, 6.45) is 0.589. The van der Waals surface area contributed by atoms with Crippen LogP contribution in [-0.4, -0.2) is 16.4 Å². The average Bonchev–Trinajstić information content (AvgIpc) is 2.80. The standard InChI is InChI=1S/C15H19N3O3S/c1-5-12(22-14-15(20)21-17-18(14)4)13(19)16-11-8-6-7-9(2)10(11)3/h6-8,12H,5H2,1-4H3,(H-,16,17,19,20). The van der Waals surface area contributed by atoms with E-state index in [1.807, 2.05) is 39.0 Å². The highest BCUT2D eigenvalue weighted by atomic mass is 32.2. The van der Waals surface area contributed by atoms with Crippen molar-refractivity contribution in [3.05, 3.63) is 29.3 Å². The third-order valence-corrected chi connectivity index (χ3v) is 4.98. The van der Waals surface area contributed by atoms with Crippen molar-refractivity contribution in [2.24, 2.45) is 7.05 Å². The van der Waals surface area contributed by atoms with Crippen LogP contribution in [-0.2, 0) is 11.8 Å². The van der Waals surface area contributed by atoms with Crippen LogP contribution >= 0.6 is 11.8 Å². The number of nitrogens with zero attached hydrogens (tertiary/aromatic N) is 2. The Morgan fingerprint density at radius 2 is 2.23 bits per heavy atom. The summed E-state index contributed by atoms with van der Waals surface area (Å²) in [5.41, 5.74) is 2.95. The zero-order valence-electron chi connectivity index (χ0n) is 13.0. The van der Waals surface area contributed by atoms with Crippen molar-refractivity contribution in [2.45, 2.75) is 37.5 Å². The van der Waals surface area contributed by atoms with Gasteiger partial charge in [0.05, 0.1) is 10.5 Å². The van der Waals surface area contributed by atoms with E-state index in [1.54, 1.807) is 7.05 Å². The van der Waals surface area contributed by atoms with Gasteiger partial charge in [0, 0.05) is 5.69 Å². The van der Waals surface area contributed by atoms with Gasteiger partial charge in [0.2, 0.25) is 5.91 Å². The van der Waals surface area contributed by atoms with Crippen molar-refractivity contribution in [1.82, 2.24) is 5.27 Å². The summed E-state index contributed by atoms with van der Waals surface area (Å²) < 4.78 is 5.93. The van der Waals surface area contributed by atoms with Gasteiger partial charge in [0.25, 0.3) is 5.03 Å². The maximum Gasteiger partial charge on any atom is 0.291 e. The van der Waals surface area contributed by atoms with Gasteiger partial charge in [-0.15, -0.1) is 0 Å². The second kappa shape index (κ2) is 6.83. The number of benzene rings is 1. The molecule has 1 aromatic carbocycles. The zero-order chi connectivity index (χ0) is 16.3. The Hall–Kier alpha value is -2.02. The van der Waals surface area contributed by atoms with Crippen LogP contribution < -0.4 is 15.1 Å². The molecule has 1 amide bonds. The largest absolute Gasteiger partial charge is 0.538 e. The molecule has 1 unspecified atom stereocenters. The minimum atomic E-state index is -0.523.